The lowest BCUT2D eigenvalue weighted by molar-refractivity contribution is 0.547. The van der Waals surface area contributed by atoms with Crippen LogP contribution in [-0.4, -0.2) is 0 Å². The fourth-order valence-electron chi connectivity index (χ4n) is 1.01. The molecule has 1 rings (SSSR count). The zero-order valence-corrected chi connectivity index (χ0v) is 9.88. The van der Waals surface area contributed by atoms with E-state index in [4.69, 9.17) is 5.73 Å². The van der Waals surface area contributed by atoms with Gasteiger partial charge in [0, 0.05) is 10.0 Å². The predicted octanol–water partition coefficient (Wildman–Crippen LogP) is 3.20. The van der Waals surface area contributed by atoms with Crippen LogP contribution < -0.4 is 5.73 Å². The van der Waals surface area contributed by atoms with E-state index < -0.39 is 5.54 Å². The highest BCUT2D eigenvalue weighted by molar-refractivity contribution is 9.10. The van der Waals surface area contributed by atoms with Crippen LogP contribution in [0.15, 0.2) is 22.7 Å². The number of hydrogen-bond donors (Lipinski definition) is 1. The summed E-state index contributed by atoms with van der Waals surface area (Å²) in [6.45, 7) is 3.76. The molecule has 2 N–H and O–H groups in total. The van der Waals surface area contributed by atoms with Gasteiger partial charge in [-0.25, -0.2) is 4.39 Å². The zero-order valence-electron chi connectivity index (χ0n) is 7.47. The Kier molecular flexibility index (Phi) is 4.36. The van der Waals surface area contributed by atoms with Gasteiger partial charge in [0.15, 0.2) is 0 Å². The number of hydrogen-bond acceptors (Lipinski definition) is 1. The van der Waals surface area contributed by atoms with Crippen LogP contribution in [0.4, 0.5) is 4.39 Å². The Morgan fingerprint density at radius 3 is 2.31 bits per heavy atom. The van der Waals surface area contributed by atoms with Crippen LogP contribution in [0.2, 0.25) is 0 Å². The third-order valence-corrected chi connectivity index (χ3v) is 2.28. The minimum atomic E-state index is -0.438. The Balaban J connectivity index is 0.00000144. The van der Waals surface area contributed by atoms with Gasteiger partial charge in [-0.15, -0.1) is 12.4 Å². The van der Waals surface area contributed by atoms with Crippen molar-refractivity contribution in [2.75, 3.05) is 0 Å². The molecule has 1 aromatic rings. The lowest BCUT2D eigenvalue weighted by atomic mass is 9.96. The molecule has 0 aliphatic heterocycles. The van der Waals surface area contributed by atoms with Gasteiger partial charge in [0.25, 0.3) is 0 Å². The van der Waals surface area contributed by atoms with E-state index in [9.17, 15) is 4.39 Å². The Hall–Kier alpha value is -0.120. The summed E-state index contributed by atoms with van der Waals surface area (Å²) in [5.74, 6) is -0.255. The quantitative estimate of drug-likeness (QED) is 0.831. The van der Waals surface area contributed by atoms with Gasteiger partial charge in [0.2, 0.25) is 0 Å². The van der Waals surface area contributed by atoms with Crippen molar-refractivity contribution >= 4 is 28.3 Å². The van der Waals surface area contributed by atoms with Crippen LogP contribution in [0.5, 0.6) is 0 Å². The molecule has 1 nitrogen and oxygen atoms in total. The Labute approximate surface area is 92.1 Å². The minimum absolute atomic E-state index is 0. The molecule has 0 aromatic heterocycles. The van der Waals surface area contributed by atoms with Crippen molar-refractivity contribution in [2.45, 2.75) is 19.4 Å². The smallest absolute Gasteiger partial charge is 0.124 e. The van der Waals surface area contributed by atoms with Gasteiger partial charge in [-0.3, -0.25) is 0 Å². The van der Waals surface area contributed by atoms with Crippen LogP contribution >= 0.6 is 28.3 Å². The summed E-state index contributed by atoms with van der Waals surface area (Å²) in [7, 11) is 0. The van der Waals surface area contributed by atoms with Crippen molar-refractivity contribution < 1.29 is 4.39 Å². The van der Waals surface area contributed by atoms with Gasteiger partial charge >= 0.3 is 0 Å². The van der Waals surface area contributed by atoms with Crippen LogP contribution in [0.25, 0.3) is 0 Å². The lowest BCUT2D eigenvalue weighted by Gasteiger charge is -2.20. The SMILES string of the molecule is CC(C)(N)c1ccc(F)cc1Br.Cl. The molecule has 0 radical (unpaired) electrons. The number of nitrogens with two attached hydrogens (primary N) is 1. The first-order valence-corrected chi connectivity index (χ1v) is 4.45. The second-order valence-electron chi connectivity index (χ2n) is 3.35. The first-order chi connectivity index (χ1) is 5.41. The second-order valence-corrected chi connectivity index (χ2v) is 4.20. The molecule has 0 saturated carbocycles. The van der Waals surface area contributed by atoms with E-state index in [0.717, 1.165) is 10.0 Å². The average Bonchev–Trinajstić information content (AvgIpc) is 1.83. The monoisotopic (exact) mass is 267 g/mol. The van der Waals surface area contributed by atoms with Crippen molar-refractivity contribution in [3.63, 3.8) is 0 Å². The summed E-state index contributed by atoms with van der Waals surface area (Å²) in [5.41, 5.74) is 6.32. The average molecular weight is 269 g/mol. The van der Waals surface area contributed by atoms with Crippen LogP contribution in [-0.2, 0) is 5.54 Å². The van der Waals surface area contributed by atoms with Crippen molar-refractivity contribution in [3.05, 3.63) is 34.1 Å². The normalized spacial score (nSPS) is 10.8. The molecule has 0 heterocycles. The molecule has 1 aromatic carbocycles. The molecule has 0 atom stereocenters. The molecule has 0 spiro atoms. The molecule has 4 heteroatoms. The van der Waals surface area contributed by atoms with Gasteiger partial charge in [-0.1, -0.05) is 22.0 Å². The largest absolute Gasteiger partial charge is 0.322 e. The molecule has 0 aliphatic rings. The molecule has 0 saturated heterocycles. The predicted molar refractivity (Wildman–Crippen MR) is 58.6 cm³/mol. The number of benzene rings is 1. The summed E-state index contributed by atoms with van der Waals surface area (Å²) >= 11 is 3.26. The van der Waals surface area contributed by atoms with E-state index in [1.807, 2.05) is 13.8 Å². The highest BCUT2D eigenvalue weighted by Crippen LogP contribution is 2.26. The van der Waals surface area contributed by atoms with E-state index in [-0.39, 0.29) is 18.2 Å². The first kappa shape index (κ1) is 12.9. The fourth-order valence-corrected chi connectivity index (χ4v) is 1.87. The maximum absolute atomic E-state index is 12.7. The number of halogens is 3. The van der Waals surface area contributed by atoms with Gasteiger partial charge in [-0.2, -0.15) is 0 Å². The van der Waals surface area contributed by atoms with E-state index >= 15 is 0 Å². The molecule has 0 aliphatic carbocycles. The standard InChI is InChI=1S/C9H11BrFN.ClH/c1-9(2,12)7-4-3-6(11)5-8(7)10;/h3-5H,12H2,1-2H3;1H. The molecular formula is C9H12BrClFN. The summed E-state index contributed by atoms with van der Waals surface area (Å²) in [6.07, 6.45) is 0. The Bertz CT molecular complexity index is 296. The third kappa shape index (κ3) is 3.25. The van der Waals surface area contributed by atoms with Crippen molar-refractivity contribution in [2.24, 2.45) is 5.73 Å². The zero-order chi connectivity index (χ0) is 9.35. The summed E-state index contributed by atoms with van der Waals surface area (Å²) < 4.78 is 13.4. The van der Waals surface area contributed by atoms with E-state index in [1.54, 1.807) is 6.07 Å². The van der Waals surface area contributed by atoms with Crippen LogP contribution in [0, 0.1) is 5.82 Å². The van der Waals surface area contributed by atoms with E-state index in [2.05, 4.69) is 15.9 Å². The maximum Gasteiger partial charge on any atom is 0.124 e. The molecule has 0 fully saturated rings. The minimum Gasteiger partial charge on any atom is -0.322 e. The van der Waals surface area contributed by atoms with Gasteiger partial charge in [0.05, 0.1) is 0 Å². The molecule has 0 unspecified atom stereocenters. The Morgan fingerprint density at radius 2 is 1.92 bits per heavy atom. The molecular weight excluding hydrogens is 256 g/mol. The first-order valence-electron chi connectivity index (χ1n) is 3.65. The fraction of sp³-hybridized carbons (Fsp3) is 0.333. The summed E-state index contributed by atoms with van der Waals surface area (Å²) in [5, 5.41) is 0. The topological polar surface area (TPSA) is 26.0 Å². The molecule has 0 amide bonds. The van der Waals surface area contributed by atoms with Crippen molar-refractivity contribution in [1.29, 1.82) is 0 Å². The van der Waals surface area contributed by atoms with Crippen molar-refractivity contribution in [1.82, 2.24) is 0 Å². The summed E-state index contributed by atoms with van der Waals surface area (Å²) in [4.78, 5) is 0. The highest BCUT2D eigenvalue weighted by Gasteiger charge is 2.17. The lowest BCUT2D eigenvalue weighted by Crippen LogP contribution is -2.29. The van der Waals surface area contributed by atoms with Gasteiger partial charge in [-0.05, 0) is 31.5 Å². The molecule has 74 valence electrons. The highest BCUT2D eigenvalue weighted by atomic mass is 79.9. The Morgan fingerprint density at radius 1 is 1.38 bits per heavy atom. The second kappa shape index (κ2) is 4.40. The number of rotatable bonds is 1. The third-order valence-electron chi connectivity index (χ3n) is 1.63. The summed E-state index contributed by atoms with van der Waals surface area (Å²) in [6, 6.07) is 4.53. The van der Waals surface area contributed by atoms with Crippen LogP contribution in [0.3, 0.4) is 0 Å². The van der Waals surface area contributed by atoms with Gasteiger partial charge in [0.1, 0.15) is 5.82 Å². The van der Waals surface area contributed by atoms with Gasteiger partial charge < -0.3 is 5.73 Å². The maximum atomic E-state index is 12.7. The van der Waals surface area contributed by atoms with Crippen LogP contribution in [0.1, 0.15) is 19.4 Å². The molecule has 13 heavy (non-hydrogen) atoms. The van der Waals surface area contributed by atoms with Crippen molar-refractivity contribution in [3.8, 4) is 0 Å². The van der Waals surface area contributed by atoms with E-state index in [0.29, 0.717) is 0 Å². The molecule has 0 bridgehead atoms. The van der Waals surface area contributed by atoms with E-state index in [1.165, 1.54) is 12.1 Å².